The molecule has 3 nitrogen and oxygen atoms in total. The number of rotatable bonds is 5. The number of aryl methyl sites for hydroxylation is 1. The minimum Gasteiger partial charge on any atom is -0.461 e. The summed E-state index contributed by atoms with van der Waals surface area (Å²) in [5.41, 5.74) is 1.04. The van der Waals surface area contributed by atoms with Crippen molar-refractivity contribution in [3.8, 4) is 0 Å². The van der Waals surface area contributed by atoms with Gasteiger partial charge in [0, 0.05) is 18.1 Å². The fraction of sp³-hybridized carbons (Fsp3) is 0.375. The van der Waals surface area contributed by atoms with Crippen molar-refractivity contribution in [1.82, 2.24) is 0 Å². The van der Waals surface area contributed by atoms with Crippen LogP contribution < -0.4 is 5.43 Å². The van der Waals surface area contributed by atoms with Crippen molar-refractivity contribution in [3.63, 3.8) is 0 Å². The van der Waals surface area contributed by atoms with E-state index in [1.165, 1.54) is 6.92 Å². The highest BCUT2D eigenvalue weighted by atomic mass is 16.3. The first-order valence-corrected chi connectivity index (χ1v) is 6.69. The van der Waals surface area contributed by atoms with E-state index in [0.717, 1.165) is 25.7 Å². The standard InChI is InChI=1S/C16H18O3/c1-3-4-5-6-13-10-15(18)14-8-7-12(11(2)17)9-16(14)19-13/h7-10H,3-6H2,1-2H3. The van der Waals surface area contributed by atoms with Crippen LogP contribution in [0.5, 0.6) is 0 Å². The van der Waals surface area contributed by atoms with Gasteiger partial charge in [-0.25, -0.2) is 0 Å². The second kappa shape index (κ2) is 5.83. The van der Waals surface area contributed by atoms with Crippen molar-refractivity contribution >= 4 is 16.8 Å². The third-order valence-corrected chi connectivity index (χ3v) is 3.21. The second-order valence-electron chi connectivity index (χ2n) is 4.80. The molecule has 0 amide bonds. The Hall–Kier alpha value is -1.90. The molecule has 0 spiro atoms. The summed E-state index contributed by atoms with van der Waals surface area (Å²) in [6.07, 6.45) is 4.03. The van der Waals surface area contributed by atoms with Crippen molar-refractivity contribution in [2.75, 3.05) is 0 Å². The van der Waals surface area contributed by atoms with Gasteiger partial charge in [0.2, 0.25) is 0 Å². The van der Waals surface area contributed by atoms with Crippen molar-refractivity contribution in [3.05, 3.63) is 45.8 Å². The topological polar surface area (TPSA) is 47.3 Å². The molecule has 1 aromatic carbocycles. The lowest BCUT2D eigenvalue weighted by Gasteiger charge is -2.04. The summed E-state index contributed by atoms with van der Waals surface area (Å²) >= 11 is 0. The molecule has 0 radical (unpaired) electrons. The zero-order chi connectivity index (χ0) is 13.8. The Morgan fingerprint density at radius 3 is 2.68 bits per heavy atom. The van der Waals surface area contributed by atoms with Crippen LogP contribution in [-0.2, 0) is 6.42 Å². The summed E-state index contributed by atoms with van der Waals surface area (Å²) < 4.78 is 5.73. The molecule has 0 atom stereocenters. The number of Topliss-reactive ketones (excluding diaryl/α,β-unsaturated/α-hetero) is 1. The molecule has 0 aliphatic carbocycles. The van der Waals surface area contributed by atoms with E-state index in [2.05, 4.69) is 6.92 Å². The molecular formula is C16H18O3. The summed E-state index contributed by atoms with van der Waals surface area (Å²) in [6, 6.07) is 6.54. The van der Waals surface area contributed by atoms with Gasteiger partial charge in [-0.3, -0.25) is 9.59 Å². The number of carbonyl (C=O) groups excluding carboxylic acids is 1. The van der Waals surface area contributed by atoms with E-state index >= 15 is 0 Å². The fourth-order valence-electron chi connectivity index (χ4n) is 2.10. The molecular weight excluding hydrogens is 240 g/mol. The lowest BCUT2D eigenvalue weighted by molar-refractivity contribution is 0.101. The molecule has 0 aliphatic rings. The van der Waals surface area contributed by atoms with E-state index in [1.54, 1.807) is 24.3 Å². The number of unbranched alkanes of at least 4 members (excludes halogenated alkanes) is 2. The van der Waals surface area contributed by atoms with Gasteiger partial charge in [0.1, 0.15) is 11.3 Å². The third-order valence-electron chi connectivity index (χ3n) is 3.21. The number of benzene rings is 1. The summed E-state index contributed by atoms with van der Waals surface area (Å²) in [6.45, 7) is 3.64. The third kappa shape index (κ3) is 3.11. The summed E-state index contributed by atoms with van der Waals surface area (Å²) in [5.74, 6) is 0.674. The van der Waals surface area contributed by atoms with Crippen LogP contribution in [0, 0.1) is 0 Å². The van der Waals surface area contributed by atoms with Gasteiger partial charge in [-0.2, -0.15) is 0 Å². The summed E-state index contributed by atoms with van der Waals surface area (Å²) in [5, 5.41) is 0.532. The van der Waals surface area contributed by atoms with Crippen LogP contribution >= 0.6 is 0 Å². The van der Waals surface area contributed by atoms with Crippen LogP contribution in [0.3, 0.4) is 0 Å². The average Bonchev–Trinajstić information content (AvgIpc) is 2.38. The molecule has 2 rings (SSSR count). The van der Waals surface area contributed by atoms with Crippen molar-refractivity contribution in [2.24, 2.45) is 0 Å². The Morgan fingerprint density at radius 1 is 1.21 bits per heavy atom. The number of hydrogen-bond donors (Lipinski definition) is 0. The van der Waals surface area contributed by atoms with Gasteiger partial charge in [-0.05, 0) is 25.5 Å². The zero-order valence-corrected chi connectivity index (χ0v) is 11.4. The molecule has 1 heterocycles. The van der Waals surface area contributed by atoms with E-state index < -0.39 is 0 Å². The maximum atomic E-state index is 12.0. The predicted octanol–water partition coefficient (Wildman–Crippen LogP) is 3.73. The first-order chi connectivity index (χ1) is 9.11. The van der Waals surface area contributed by atoms with Crippen LogP contribution in [0.2, 0.25) is 0 Å². The molecule has 3 heteroatoms. The Kier molecular flexibility index (Phi) is 4.15. The quantitative estimate of drug-likeness (QED) is 0.606. The number of hydrogen-bond acceptors (Lipinski definition) is 3. The highest BCUT2D eigenvalue weighted by Crippen LogP contribution is 2.16. The lowest BCUT2D eigenvalue weighted by atomic mass is 10.1. The van der Waals surface area contributed by atoms with Gasteiger partial charge >= 0.3 is 0 Å². The maximum absolute atomic E-state index is 12.0. The Labute approximate surface area is 112 Å². The smallest absolute Gasteiger partial charge is 0.192 e. The predicted molar refractivity (Wildman–Crippen MR) is 75.7 cm³/mol. The van der Waals surface area contributed by atoms with E-state index in [9.17, 15) is 9.59 Å². The van der Waals surface area contributed by atoms with Gasteiger partial charge in [0.15, 0.2) is 11.2 Å². The lowest BCUT2D eigenvalue weighted by Crippen LogP contribution is -2.03. The van der Waals surface area contributed by atoms with E-state index in [4.69, 9.17) is 4.42 Å². The molecule has 1 aromatic heterocycles. The Bertz CT molecular complexity index is 653. The molecule has 0 fully saturated rings. The minimum atomic E-state index is -0.0390. The fourth-order valence-corrected chi connectivity index (χ4v) is 2.10. The van der Waals surface area contributed by atoms with Gasteiger partial charge in [-0.1, -0.05) is 25.8 Å². The summed E-state index contributed by atoms with van der Waals surface area (Å²) in [4.78, 5) is 23.3. The SMILES string of the molecule is CCCCCc1cc(=O)c2ccc(C(C)=O)cc2o1. The van der Waals surface area contributed by atoms with Gasteiger partial charge < -0.3 is 4.42 Å². The Morgan fingerprint density at radius 2 is 2.00 bits per heavy atom. The van der Waals surface area contributed by atoms with Crippen LogP contribution in [-0.4, -0.2) is 5.78 Å². The molecule has 2 aromatic rings. The van der Waals surface area contributed by atoms with Crippen molar-refractivity contribution in [1.29, 1.82) is 0 Å². The average molecular weight is 258 g/mol. The maximum Gasteiger partial charge on any atom is 0.192 e. The highest BCUT2D eigenvalue weighted by Gasteiger charge is 2.07. The van der Waals surface area contributed by atoms with Gasteiger partial charge in [0.05, 0.1) is 5.39 Å². The van der Waals surface area contributed by atoms with E-state index in [0.29, 0.717) is 22.3 Å². The van der Waals surface area contributed by atoms with Crippen LogP contribution in [0.1, 0.15) is 49.2 Å². The number of carbonyl (C=O) groups is 1. The van der Waals surface area contributed by atoms with E-state index in [1.807, 2.05) is 0 Å². The molecule has 0 N–H and O–H groups in total. The van der Waals surface area contributed by atoms with Crippen molar-refractivity contribution in [2.45, 2.75) is 39.5 Å². The normalized spacial score (nSPS) is 10.8. The largest absolute Gasteiger partial charge is 0.461 e. The molecule has 0 bridgehead atoms. The van der Waals surface area contributed by atoms with Crippen LogP contribution in [0.4, 0.5) is 0 Å². The van der Waals surface area contributed by atoms with Gasteiger partial charge in [-0.15, -0.1) is 0 Å². The number of ketones is 1. The first-order valence-electron chi connectivity index (χ1n) is 6.69. The molecule has 0 aliphatic heterocycles. The van der Waals surface area contributed by atoms with Gasteiger partial charge in [0.25, 0.3) is 0 Å². The zero-order valence-electron chi connectivity index (χ0n) is 11.4. The number of fused-ring (bicyclic) bond motifs is 1. The molecule has 19 heavy (non-hydrogen) atoms. The first kappa shape index (κ1) is 13.5. The molecule has 100 valence electrons. The minimum absolute atomic E-state index is 0.0269. The van der Waals surface area contributed by atoms with Crippen LogP contribution in [0.25, 0.3) is 11.0 Å². The molecule has 0 unspecified atom stereocenters. The van der Waals surface area contributed by atoms with Crippen LogP contribution in [0.15, 0.2) is 33.5 Å². The Balaban J connectivity index is 2.41. The molecule has 0 saturated carbocycles. The molecule has 0 saturated heterocycles. The monoisotopic (exact) mass is 258 g/mol. The highest BCUT2D eigenvalue weighted by molar-refractivity contribution is 5.97. The van der Waals surface area contributed by atoms with E-state index in [-0.39, 0.29) is 11.2 Å². The van der Waals surface area contributed by atoms with Crippen molar-refractivity contribution < 1.29 is 9.21 Å². The summed E-state index contributed by atoms with van der Waals surface area (Å²) in [7, 11) is 0. The second-order valence-corrected chi connectivity index (χ2v) is 4.80.